The second-order valence-electron chi connectivity index (χ2n) is 5.22. The molecule has 1 N–H and O–H groups in total. The fourth-order valence-electron chi connectivity index (χ4n) is 2.03. The minimum atomic E-state index is -3.07. The third-order valence-electron chi connectivity index (χ3n) is 3.02. The van der Waals surface area contributed by atoms with Gasteiger partial charge in [0.2, 0.25) is 0 Å². The number of carbonyl (C=O) groups excluding carboxylic acids is 1. The number of amides is 1. The summed E-state index contributed by atoms with van der Waals surface area (Å²) < 4.78 is 22.4. The van der Waals surface area contributed by atoms with E-state index in [0.717, 1.165) is 11.4 Å². The molecular formula is C16H18N2O3S. The van der Waals surface area contributed by atoms with Gasteiger partial charge in [-0.2, -0.15) is 0 Å². The van der Waals surface area contributed by atoms with Gasteiger partial charge in [0.05, 0.1) is 18.0 Å². The number of nitrogens with one attached hydrogen (secondary N) is 1. The number of hydrogen-bond acceptors (Lipinski definition) is 4. The Morgan fingerprint density at radius 2 is 1.82 bits per heavy atom. The monoisotopic (exact) mass is 318 g/mol. The van der Waals surface area contributed by atoms with E-state index in [2.05, 4.69) is 10.3 Å². The lowest BCUT2D eigenvalue weighted by Gasteiger charge is -2.06. The van der Waals surface area contributed by atoms with Crippen LogP contribution in [0.3, 0.4) is 0 Å². The van der Waals surface area contributed by atoms with E-state index >= 15 is 0 Å². The second-order valence-corrected chi connectivity index (χ2v) is 7.36. The van der Waals surface area contributed by atoms with Crippen molar-refractivity contribution in [1.82, 2.24) is 10.3 Å². The topological polar surface area (TPSA) is 76.1 Å². The van der Waals surface area contributed by atoms with Crippen LogP contribution in [0, 0.1) is 6.92 Å². The van der Waals surface area contributed by atoms with Crippen LogP contribution in [0.4, 0.5) is 0 Å². The van der Waals surface area contributed by atoms with Crippen LogP contribution in [0.1, 0.15) is 27.3 Å². The Bertz CT molecular complexity index is 768. The lowest BCUT2D eigenvalue weighted by Crippen LogP contribution is -2.23. The standard InChI is InChI=1S/C16H18N2O3S/c1-12-4-3-5-15(18-12)10-17-16(19)14-8-6-13(7-9-14)11-22(2,20)21/h3-9H,10-11H2,1-2H3,(H,17,19). The highest BCUT2D eigenvalue weighted by Crippen LogP contribution is 2.08. The first-order valence-corrected chi connectivity index (χ1v) is 8.87. The van der Waals surface area contributed by atoms with Crippen molar-refractivity contribution in [2.24, 2.45) is 0 Å². The van der Waals surface area contributed by atoms with Gasteiger partial charge in [-0.05, 0) is 36.8 Å². The van der Waals surface area contributed by atoms with E-state index in [9.17, 15) is 13.2 Å². The molecular weight excluding hydrogens is 300 g/mol. The molecule has 6 heteroatoms. The predicted octanol–water partition coefficient (Wildman–Crippen LogP) is 1.86. The maximum atomic E-state index is 12.0. The van der Waals surface area contributed by atoms with Crippen LogP contribution in [0.5, 0.6) is 0 Å². The molecule has 5 nitrogen and oxygen atoms in total. The van der Waals surface area contributed by atoms with Crippen molar-refractivity contribution < 1.29 is 13.2 Å². The maximum absolute atomic E-state index is 12.0. The molecule has 1 amide bonds. The number of aromatic nitrogens is 1. The van der Waals surface area contributed by atoms with Crippen molar-refractivity contribution in [3.05, 3.63) is 65.0 Å². The number of nitrogens with zero attached hydrogens (tertiary/aromatic N) is 1. The molecule has 0 aliphatic carbocycles. The molecule has 0 aliphatic rings. The molecule has 0 saturated heterocycles. The third-order valence-corrected chi connectivity index (χ3v) is 3.88. The van der Waals surface area contributed by atoms with Crippen molar-refractivity contribution >= 4 is 15.7 Å². The molecule has 1 aromatic carbocycles. The maximum Gasteiger partial charge on any atom is 0.251 e. The summed E-state index contributed by atoms with van der Waals surface area (Å²) in [5, 5.41) is 2.79. The van der Waals surface area contributed by atoms with Gasteiger partial charge >= 0.3 is 0 Å². The minimum absolute atomic E-state index is 0.0257. The van der Waals surface area contributed by atoms with Gasteiger partial charge in [-0.25, -0.2) is 8.42 Å². The smallest absolute Gasteiger partial charge is 0.251 e. The fraction of sp³-hybridized carbons (Fsp3) is 0.250. The van der Waals surface area contributed by atoms with Crippen LogP contribution in [0.15, 0.2) is 42.5 Å². The zero-order valence-corrected chi connectivity index (χ0v) is 13.4. The van der Waals surface area contributed by atoms with Crippen LogP contribution >= 0.6 is 0 Å². The molecule has 22 heavy (non-hydrogen) atoms. The molecule has 0 atom stereocenters. The van der Waals surface area contributed by atoms with Gasteiger partial charge in [-0.1, -0.05) is 18.2 Å². The van der Waals surface area contributed by atoms with Gasteiger partial charge < -0.3 is 5.32 Å². The zero-order valence-electron chi connectivity index (χ0n) is 12.5. The van der Waals surface area contributed by atoms with Crippen LogP contribution < -0.4 is 5.32 Å². The quantitative estimate of drug-likeness (QED) is 0.913. The number of hydrogen-bond donors (Lipinski definition) is 1. The molecule has 2 rings (SSSR count). The van der Waals surface area contributed by atoms with Gasteiger partial charge in [-0.3, -0.25) is 9.78 Å². The van der Waals surface area contributed by atoms with E-state index in [-0.39, 0.29) is 11.7 Å². The van der Waals surface area contributed by atoms with E-state index in [1.165, 1.54) is 6.26 Å². The SMILES string of the molecule is Cc1cccc(CNC(=O)c2ccc(CS(C)(=O)=O)cc2)n1. The molecule has 116 valence electrons. The van der Waals surface area contributed by atoms with Gasteiger partial charge in [0.25, 0.3) is 5.91 Å². The molecule has 0 aliphatic heterocycles. The average molecular weight is 318 g/mol. The highest BCUT2D eigenvalue weighted by molar-refractivity contribution is 7.89. The molecule has 0 fully saturated rings. The number of carbonyl (C=O) groups is 1. The van der Waals surface area contributed by atoms with Crippen molar-refractivity contribution in [1.29, 1.82) is 0 Å². The average Bonchev–Trinajstić information content (AvgIpc) is 2.44. The lowest BCUT2D eigenvalue weighted by molar-refractivity contribution is 0.0950. The molecule has 0 unspecified atom stereocenters. The highest BCUT2D eigenvalue weighted by atomic mass is 32.2. The first kappa shape index (κ1) is 16.2. The molecule has 1 heterocycles. The number of rotatable bonds is 5. The van der Waals surface area contributed by atoms with E-state index in [0.29, 0.717) is 17.7 Å². The van der Waals surface area contributed by atoms with Crippen molar-refractivity contribution in [2.45, 2.75) is 19.2 Å². The van der Waals surface area contributed by atoms with Crippen LogP contribution in [-0.2, 0) is 22.1 Å². The normalized spacial score (nSPS) is 11.2. The number of aryl methyl sites for hydroxylation is 1. The van der Waals surface area contributed by atoms with Crippen LogP contribution in [0.25, 0.3) is 0 Å². The number of sulfone groups is 1. The molecule has 0 bridgehead atoms. The van der Waals surface area contributed by atoms with Gasteiger partial charge in [0.1, 0.15) is 0 Å². The molecule has 2 aromatic rings. The Morgan fingerprint density at radius 3 is 2.41 bits per heavy atom. The van der Waals surface area contributed by atoms with E-state index in [4.69, 9.17) is 0 Å². The molecule has 0 spiro atoms. The second kappa shape index (κ2) is 6.70. The summed E-state index contributed by atoms with van der Waals surface area (Å²) in [4.78, 5) is 16.4. The first-order chi connectivity index (χ1) is 10.3. The van der Waals surface area contributed by atoms with Crippen molar-refractivity contribution in [3.8, 4) is 0 Å². The largest absolute Gasteiger partial charge is 0.346 e. The van der Waals surface area contributed by atoms with E-state index < -0.39 is 9.84 Å². The summed E-state index contributed by atoms with van der Waals surface area (Å²) >= 11 is 0. The van der Waals surface area contributed by atoms with Crippen molar-refractivity contribution in [2.75, 3.05) is 6.26 Å². The zero-order chi connectivity index (χ0) is 16.2. The Morgan fingerprint density at radius 1 is 1.14 bits per heavy atom. The molecule has 0 radical (unpaired) electrons. The summed E-state index contributed by atoms with van der Waals surface area (Å²) in [6.07, 6.45) is 1.18. The summed E-state index contributed by atoms with van der Waals surface area (Å²) in [5.41, 5.74) is 2.85. The summed E-state index contributed by atoms with van der Waals surface area (Å²) in [6, 6.07) is 12.2. The van der Waals surface area contributed by atoms with Crippen molar-refractivity contribution in [3.63, 3.8) is 0 Å². The Labute approximate surface area is 130 Å². The summed E-state index contributed by atoms with van der Waals surface area (Å²) in [7, 11) is -3.07. The number of pyridine rings is 1. The van der Waals surface area contributed by atoms with Gasteiger partial charge in [0.15, 0.2) is 9.84 Å². The highest BCUT2D eigenvalue weighted by Gasteiger charge is 2.08. The minimum Gasteiger partial charge on any atom is -0.346 e. The van der Waals surface area contributed by atoms with Gasteiger partial charge in [-0.15, -0.1) is 0 Å². The third kappa shape index (κ3) is 4.96. The van der Waals surface area contributed by atoms with E-state index in [1.807, 2.05) is 25.1 Å². The summed E-state index contributed by atoms with van der Waals surface area (Å²) in [5.74, 6) is -0.239. The molecule has 1 aromatic heterocycles. The Kier molecular flexibility index (Phi) is 4.92. The summed E-state index contributed by atoms with van der Waals surface area (Å²) in [6.45, 7) is 2.25. The Hall–Kier alpha value is -2.21. The van der Waals surface area contributed by atoms with Crippen LogP contribution in [-0.4, -0.2) is 25.6 Å². The first-order valence-electron chi connectivity index (χ1n) is 6.81. The van der Waals surface area contributed by atoms with Gasteiger partial charge in [0, 0.05) is 17.5 Å². The lowest BCUT2D eigenvalue weighted by atomic mass is 10.1. The molecule has 0 saturated carbocycles. The fourth-order valence-corrected chi connectivity index (χ4v) is 2.82. The predicted molar refractivity (Wildman–Crippen MR) is 85.1 cm³/mol. The number of benzene rings is 1. The van der Waals surface area contributed by atoms with E-state index in [1.54, 1.807) is 24.3 Å². The van der Waals surface area contributed by atoms with Crippen LogP contribution in [0.2, 0.25) is 0 Å². The Balaban J connectivity index is 1.98.